The summed E-state index contributed by atoms with van der Waals surface area (Å²) in [6.07, 6.45) is 2.15. The summed E-state index contributed by atoms with van der Waals surface area (Å²) >= 11 is 8.30. The highest BCUT2D eigenvalue weighted by Crippen LogP contribution is 2.37. The van der Waals surface area contributed by atoms with Gasteiger partial charge in [0.2, 0.25) is 0 Å². The zero-order valence-corrected chi connectivity index (χ0v) is 34.2. The molecule has 2 aromatic heterocycles. The Kier molecular flexibility index (Phi) is 16.7. The smallest absolute Gasteiger partial charge is 0.306 e. The molecule has 310 valence electrons. The van der Waals surface area contributed by atoms with Crippen molar-refractivity contribution in [2.75, 3.05) is 26.2 Å². The van der Waals surface area contributed by atoms with Crippen molar-refractivity contribution in [2.45, 2.75) is 65.3 Å². The topological polar surface area (TPSA) is 216 Å². The highest BCUT2D eigenvalue weighted by molar-refractivity contribution is 7.15. The van der Waals surface area contributed by atoms with E-state index in [1.165, 1.54) is 6.20 Å². The molecular formula is C43H46ClN5O9S. The van der Waals surface area contributed by atoms with E-state index in [0.29, 0.717) is 53.0 Å². The molecule has 0 aliphatic rings. The molecule has 2 unspecified atom stereocenters. The lowest BCUT2D eigenvalue weighted by molar-refractivity contribution is -0.140. The van der Waals surface area contributed by atoms with E-state index in [4.69, 9.17) is 36.0 Å². The number of aliphatic hydroxyl groups is 2. The molecule has 14 nitrogen and oxygen atoms in total. The first-order valence-electron chi connectivity index (χ1n) is 18.8. The van der Waals surface area contributed by atoms with Crippen LogP contribution in [0.1, 0.15) is 51.1 Å². The van der Waals surface area contributed by atoms with Crippen molar-refractivity contribution in [1.82, 2.24) is 20.6 Å². The number of nitrogens with one attached hydrogen (secondary N) is 2. The second kappa shape index (κ2) is 22.1. The van der Waals surface area contributed by atoms with E-state index >= 15 is 0 Å². The van der Waals surface area contributed by atoms with E-state index in [2.05, 4.69) is 45.7 Å². The van der Waals surface area contributed by atoms with Gasteiger partial charge in [-0.25, -0.2) is 4.98 Å². The summed E-state index contributed by atoms with van der Waals surface area (Å²) < 4.78 is 18.3. The van der Waals surface area contributed by atoms with Crippen LogP contribution in [0.15, 0.2) is 73.2 Å². The van der Waals surface area contributed by atoms with Crippen LogP contribution in [0.4, 0.5) is 0 Å². The number of hydrogen-bond donors (Lipinski definition) is 6. The molecule has 5 rings (SSSR count). The largest absolute Gasteiger partial charge is 0.488 e. The molecule has 0 aliphatic carbocycles. The predicted molar refractivity (Wildman–Crippen MR) is 222 cm³/mol. The Morgan fingerprint density at radius 1 is 0.831 bits per heavy atom. The average molecular weight is 844 g/mol. The molecule has 3 aromatic carbocycles. The van der Waals surface area contributed by atoms with Crippen molar-refractivity contribution in [3.8, 4) is 39.3 Å². The number of nitrogens with zero attached hydrogens (tertiary/aromatic N) is 3. The van der Waals surface area contributed by atoms with Gasteiger partial charge in [0.25, 0.3) is 0 Å². The average Bonchev–Trinajstić information content (AvgIpc) is 3.67. The van der Waals surface area contributed by atoms with Crippen LogP contribution in [-0.4, -0.2) is 80.8 Å². The number of ether oxygens (including phenoxy) is 3. The number of nitriles is 1. The van der Waals surface area contributed by atoms with Crippen molar-refractivity contribution in [3.05, 3.63) is 116 Å². The molecule has 0 aliphatic heterocycles. The van der Waals surface area contributed by atoms with Crippen LogP contribution in [-0.2, 0) is 40.7 Å². The first-order chi connectivity index (χ1) is 28.4. The number of carbonyl (C=O) groups is 2. The molecule has 5 aromatic rings. The summed E-state index contributed by atoms with van der Waals surface area (Å²) in [5.74, 6) is -1.31. The maximum Gasteiger partial charge on any atom is 0.306 e. The minimum Gasteiger partial charge on any atom is -0.488 e. The summed E-state index contributed by atoms with van der Waals surface area (Å²) in [6, 6.07) is 19.4. The Hall–Kier alpha value is -5.44. The number of rotatable bonds is 23. The third-order valence-electron chi connectivity index (χ3n) is 9.23. The summed E-state index contributed by atoms with van der Waals surface area (Å²) in [5, 5.41) is 54.0. The van der Waals surface area contributed by atoms with Crippen LogP contribution < -0.4 is 20.1 Å². The van der Waals surface area contributed by atoms with Gasteiger partial charge in [-0.3, -0.25) is 14.6 Å². The third kappa shape index (κ3) is 13.3. The minimum absolute atomic E-state index is 0.0418. The van der Waals surface area contributed by atoms with E-state index < -0.39 is 30.6 Å². The number of thiazole rings is 1. The Morgan fingerprint density at radius 2 is 1.51 bits per heavy atom. The van der Waals surface area contributed by atoms with Gasteiger partial charge in [-0.15, -0.1) is 11.3 Å². The van der Waals surface area contributed by atoms with Crippen LogP contribution in [0.25, 0.3) is 21.7 Å². The first kappa shape index (κ1) is 44.7. The van der Waals surface area contributed by atoms with Gasteiger partial charge in [-0.2, -0.15) is 5.26 Å². The maximum atomic E-state index is 11.0. The molecule has 59 heavy (non-hydrogen) atoms. The maximum absolute atomic E-state index is 11.0. The van der Waals surface area contributed by atoms with E-state index in [-0.39, 0.29) is 39.3 Å². The zero-order chi connectivity index (χ0) is 42.3. The number of hydrogen-bond acceptors (Lipinski definition) is 13. The van der Waals surface area contributed by atoms with Gasteiger partial charge in [0, 0.05) is 67.5 Å². The van der Waals surface area contributed by atoms with Crippen LogP contribution in [0, 0.1) is 25.2 Å². The molecule has 2 heterocycles. The molecular weight excluding hydrogens is 798 g/mol. The Balaban J connectivity index is 1.27. The second-order valence-corrected chi connectivity index (χ2v) is 15.3. The molecule has 0 radical (unpaired) electrons. The molecule has 0 saturated carbocycles. The molecule has 0 spiro atoms. The van der Waals surface area contributed by atoms with E-state index in [1.54, 1.807) is 41.9 Å². The molecule has 16 heteroatoms. The van der Waals surface area contributed by atoms with Gasteiger partial charge in [0.1, 0.15) is 35.8 Å². The number of pyridine rings is 1. The summed E-state index contributed by atoms with van der Waals surface area (Å²) in [4.78, 5) is 31.4. The second-order valence-electron chi connectivity index (χ2n) is 13.8. The molecule has 0 fully saturated rings. The minimum atomic E-state index is -1.10. The van der Waals surface area contributed by atoms with E-state index in [9.17, 15) is 25.1 Å². The van der Waals surface area contributed by atoms with E-state index in [0.717, 1.165) is 43.3 Å². The van der Waals surface area contributed by atoms with Gasteiger partial charge in [-0.1, -0.05) is 48.0 Å². The normalized spacial score (nSPS) is 12.1. The highest BCUT2D eigenvalue weighted by Gasteiger charge is 2.17. The zero-order valence-electron chi connectivity index (χ0n) is 32.6. The monoisotopic (exact) mass is 843 g/mol. The van der Waals surface area contributed by atoms with E-state index in [1.807, 2.05) is 31.2 Å². The fourth-order valence-corrected chi connectivity index (χ4v) is 7.37. The van der Waals surface area contributed by atoms with Crippen molar-refractivity contribution >= 4 is 34.9 Å². The summed E-state index contributed by atoms with van der Waals surface area (Å²) in [7, 11) is 0. The van der Waals surface area contributed by atoms with Crippen LogP contribution >= 0.6 is 22.9 Å². The van der Waals surface area contributed by atoms with Gasteiger partial charge in [0.15, 0.2) is 0 Å². The number of aliphatic hydroxyl groups excluding tert-OH is 2. The highest BCUT2D eigenvalue weighted by atomic mass is 35.5. The fourth-order valence-electron chi connectivity index (χ4n) is 6.20. The van der Waals surface area contributed by atoms with Crippen molar-refractivity contribution in [2.24, 2.45) is 0 Å². The third-order valence-corrected chi connectivity index (χ3v) is 10.5. The van der Waals surface area contributed by atoms with Crippen molar-refractivity contribution in [3.63, 3.8) is 0 Å². The Bertz CT molecular complexity index is 2260. The van der Waals surface area contributed by atoms with Crippen molar-refractivity contribution < 1.29 is 44.2 Å². The van der Waals surface area contributed by atoms with Crippen molar-refractivity contribution in [1.29, 1.82) is 5.26 Å². The number of aliphatic carboxylic acids is 2. The molecule has 0 amide bonds. The lowest BCUT2D eigenvalue weighted by Crippen LogP contribution is -2.30. The molecule has 0 bridgehead atoms. The standard InChI is InChI=1S/C43H46ClN5O9S/c1-26-30(24-58-40-15-39(57-23-29-11-28(16-45)17-47-18-29)31(12-38(40)44)19-48-21-33(51)14-42(54)55)5-3-6-35(26)36-7-4-8-37(27(36)2)43-49-22-34(59-43)25-56-10-9-46-20-32(50)13-41(52)53/h3-8,11-12,15,17-18,22,32-33,46,48,50-51H,9-10,13-14,19-21,23-25H2,1-2H3,(H,52,53)(H,54,55). The SMILES string of the molecule is Cc1c(COc2cc(OCc3cncc(C#N)c3)c(CNCC(O)CC(=O)O)cc2Cl)cccc1-c1cccc(-c2ncc(COCCNCC(O)CC(=O)O)s2)c1C. The van der Waals surface area contributed by atoms with Crippen LogP contribution in [0.2, 0.25) is 5.02 Å². The number of carboxylic acid groups (broad SMARTS) is 2. The van der Waals surface area contributed by atoms with Crippen LogP contribution in [0.3, 0.4) is 0 Å². The first-order valence-corrected chi connectivity index (χ1v) is 20.0. The predicted octanol–water partition coefficient (Wildman–Crippen LogP) is 6.04. The summed E-state index contributed by atoms with van der Waals surface area (Å²) in [5.41, 5.74) is 7.89. The Morgan fingerprint density at radius 3 is 2.24 bits per heavy atom. The van der Waals surface area contributed by atoms with Gasteiger partial charge in [-0.05, 0) is 53.8 Å². The summed E-state index contributed by atoms with van der Waals surface area (Å²) in [6.45, 7) is 6.13. The molecule has 6 N–H and O–H groups in total. The fraction of sp³-hybridized carbons (Fsp3) is 0.326. The number of halogens is 1. The number of benzene rings is 3. The van der Waals surface area contributed by atoms with Gasteiger partial charge < -0.3 is 45.3 Å². The lowest BCUT2D eigenvalue weighted by atomic mass is 9.92. The molecule has 2 atom stereocenters. The quantitative estimate of drug-likeness (QED) is 0.0414. The Labute approximate surface area is 351 Å². The van der Waals surface area contributed by atoms with Crippen LogP contribution in [0.5, 0.6) is 11.5 Å². The lowest BCUT2D eigenvalue weighted by Gasteiger charge is -2.18. The molecule has 0 saturated heterocycles. The number of aromatic nitrogens is 2. The van der Waals surface area contributed by atoms with Gasteiger partial charge >= 0.3 is 11.9 Å². The number of carboxylic acids is 2. The van der Waals surface area contributed by atoms with Gasteiger partial charge in [0.05, 0.1) is 53.7 Å².